The maximum absolute atomic E-state index is 3.81. The maximum Gasteiger partial charge on any atom is 0.0242 e. The van der Waals surface area contributed by atoms with Gasteiger partial charge in [-0.2, -0.15) is 0 Å². The van der Waals surface area contributed by atoms with Gasteiger partial charge < -0.3 is 10.2 Å². The fourth-order valence-corrected chi connectivity index (χ4v) is 3.53. The van der Waals surface area contributed by atoms with Crippen LogP contribution in [0.1, 0.15) is 59.3 Å². The summed E-state index contributed by atoms with van der Waals surface area (Å²) < 4.78 is 0. The highest BCUT2D eigenvalue weighted by Gasteiger charge is 2.24. The van der Waals surface area contributed by atoms with Gasteiger partial charge in [0.25, 0.3) is 0 Å². The second-order valence-corrected chi connectivity index (χ2v) is 6.35. The Bertz CT molecular complexity index is 205. The molecule has 2 nitrogen and oxygen atoms in total. The van der Waals surface area contributed by atoms with Crippen molar-refractivity contribution in [1.82, 2.24) is 10.2 Å². The van der Waals surface area contributed by atoms with E-state index < -0.39 is 0 Å². The molecule has 18 heavy (non-hydrogen) atoms. The van der Waals surface area contributed by atoms with Crippen LogP contribution in [-0.4, -0.2) is 37.6 Å². The molecule has 0 saturated heterocycles. The predicted molar refractivity (Wildman–Crippen MR) is 81.0 cm³/mol. The summed E-state index contributed by atoms with van der Waals surface area (Å²) in [5, 5.41) is 3.81. The molecular formula is C16H34N2. The van der Waals surface area contributed by atoms with Gasteiger partial charge in [-0.25, -0.2) is 0 Å². The van der Waals surface area contributed by atoms with Crippen LogP contribution in [-0.2, 0) is 0 Å². The molecule has 2 atom stereocenters. The van der Waals surface area contributed by atoms with Crippen LogP contribution in [0.2, 0.25) is 0 Å². The molecule has 0 spiro atoms. The summed E-state index contributed by atoms with van der Waals surface area (Å²) in [4.78, 5) is 2.41. The summed E-state index contributed by atoms with van der Waals surface area (Å²) in [7, 11) is 4.45. The lowest BCUT2D eigenvalue weighted by atomic mass is 9.92. The van der Waals surface area contributed by atoms with Crippen molar-refractivity contribution < 1.29 is 0 Å². The largest absolute Gasteiger partial charge is 0.312 e. The second kappa shape index (κ2) is 8.16. The van der Waals surface area contributed by atoms with Crippen molar-refractivity contribution in [1.29, 1.82) is 0 Å². The molecule has 0 radical (unpaired) electrons. The summed E-state index contributed by atoms with van der Waals surface area (Å²) in [6.07, 6.45) is 8.34. The van der Waals surface area contributed by atoms with Gasteiger partial charge in [0.1, 0.15) is 0 Å². The van der Waals surface area contributed by atoms with Crippen LogP contribution in [0.15, 0.2) is 0 Å². The minimum Gasteiger partial charge on any atom is -0.312 e. The van der Waals surface area contributed by atoms with Gasteiger partial charge >= 0.3 is 0 Å². The Morgan fingerprint density at radius 2 is 1.67 bits per heavy atom. The molecule has 2 unspecified atom stereocenters. The zero-order valence-electron chi connectivity index (χ0n) is 13.2. The number of hydrogen-bond acceptors (Lipinski definition) is 2. The molecule has 0 aromatic rings. The average molecular weight is 254 g/mol. The Labute approximate surface area is 115 Å². The summed E-state index contributed by atoms with van der Waals surface area (Å²) in [5.74, 6) is 1.75. The molecule has 0 aromatic carbocycles. The molecule has 1 saturated carbocycles. The van der Waals surface area contributed by atoms with E-state index in [1.807, 2.05) is 0 Å². The number of nitrogens with one attached hydrogen (secondary N) is 1. The Morgan fingerprint density at radius 1 is 1.11 bits per heavy atom. The molecule has 1 aliphatic rings. The minimum absolute atomic E-state index is 0.684. The Morgan fingerprint density at radius 3 is 2.11 bits per heavy atom. The van der Waals surface area contributed by atoms with Crippen LogP contribution in [0.25, 0.3) is 0 Å². The maximum atomic E-state index is 3.81. The molecule has 0 bridgehead atoms. The Balaban J connectivity index is 2.40. The lowest BCUT2D eigenvalue weighted by molar-refractivity contribution is 0.184. The van der Waals surface area contributed by atoms with Crippen molar-refractivity contribution in [2.45, 2.75) is 71.4 Å². The third-order valence-electron chi connectivity index (χ3n) is 5.01. The van der Waals surface area contributed by atoms with E-state index in [1.54, 1.807) is 0 Å². The topological polar surface area (TPSA) is 15.3 Å². The van der Waals surface area contributed by atoms with Crippen LogP contribution in [0.5, 0.6) is 0 Å². The molecule has 1 aliphatic carbocycles. The molecule has 0 heterocycles. The van der Waals surface area contributed by atoms with E-state index in [-0.39, 0.29) is 0 Å². The number of rotatable bonds is 8. The summed E-state index contributed by atoms with van der Waals surface area (Å²) in [6, 6.07) is 1.38. The molecule has 2 heteroatoms. The van der Waals surface area contributed by atoms with E-state index in [9.17, 15) is 0 Å². The molecule has 1 rings (SSSR count). The third-order valence-corrected chi connectivity index (χ3v) is 5.01. The van der Waals surface area contributed by atoms with Gasteiger partial charge in [0.05, 0.1) is 0 Å². The second-order valence-electron chi connectivity index (χ2n) is 6.35. The van der Waals surface area contributed by atoms with Gasteiger partial charge in [0, 0.05) is 18.6 Å². The van der Waals surface area contributed by atoms with E-state index in [0.29, 0.717) is 12.1 Å². The number of nitrogens with zero attached hydrogens (tertiary/aromatic N) is 1. The number of hydrogen-bond donors (Lipinski definition) is 1. The molecule has 1 fully saturated rings. The number of likely N-dealkylation sites (N-methyl/N-ethyl adjacent to an activating group) is 1. The average Bonchev–Trinajstić information content (AvgIpc) is 2.87. The van der Waals surface area contributed by atoms with E-state index >= 15 is 0 Å². The lowest BCUT2D eigenvalue weighted by Gasteiger charge is -2.33. The first-order valence-corrected chi connectivity index (χ1v) is 7.99. The quantitative estimate of drug-likeness (QED) is 0.713. The zero-order chi connectivity index (χ0) is 13.5. The summed E-state index contributed by atoms with van der Waals surface area (Å²) in [5.41, 5.74) is 0. The van der Waals surface area contributed by atoms with Crippen molar-refractivity contribution in [3.63, 3.8) is 0 Å². The van der Waals surface area contributed by atoms with E-state index in [1.165, 1.54) is 38.5 Å². The highest BCUT2D eigenvalue weighted by atomic mass is 15.1. The van der Waals surface area contributed by atoms with Gasteiger partial charge in [-0.15, -0.1) is 0 Å². The first kappa shape index (κ1) is 16.0. The Hall–Kier alpha value is -0.0800. The molecule has 1 N–H and O–H groups in total. The highest BCUT2D eigenvalue weighted by molar-refractivity contribution is 4.82. The molecular weight excluding hydrogens is 220 g/mol. The van der Waals surface area contributed by atoms with Crippen LogP contribution in [0.3, 0.4) is 0 Å². The monoisotopic (exact) mass is 254 g/mol. The first-order chi connectivity index (χ1) is 8.60. The van der Waals surface area contributed by atoms with Gasteiger partial charge in [0.2, 0.25) is 0 Å². The van der Waals surface area contributed by atoms with Crippen molar-refractivity contribution in [3.05, 3.63) is 0 Å². The first-order valence-electron chi connectivity index (χ1n) is 7.99. The normalized spacial score (nSPS) is 20.8. The van der Waals surface area contributed by atoms with Gasteiger partial charge in [-0.3, -0.25) is 0 Å². The van der Waals surface area contributed by atoms with E-state index in [0.717, 1.165) is 18.4 Å². The third kappa shape index (κ3) is 4.55. The smallest absolute Gasteiger partial charge is 0.0242 e. The summed E-state index contributed by atoms with van der Waals surface area (Å²) >= 11 is 0. The van der Waals surface area contributed by atoms with Crippen LogP contribution in [0, 0.1) is 11.8 Å². The van der Waals surface area contributed by atoms with Crippen LogP contribution >= 0.6 is 0 Å². The van der Waals surface area contributed by atoms with E-state index in [2.05, 4.69) is 45.1 Å². The SMILES string of the molecule is CCC(CC)C(CNC(C)C1CCCC1)N(C)C. The zero-order valence-corrected chi connectivity index (χ0v) is 13.2. The molecule has 108 valence electrons. The van der Waals surface area contributed by atoms with Crippen molar-refractivity contribution >= 4 is 0 Å². The summed E-state index contributed by atoms with van der Waals surface area (Å²) in [6.45, 7) is 8.18. The highest BCUT2D eigenvalue weighted by Crippen LogP contribution is 2.27. The van der Waals surface area contributed by atoms with Crippen molar-refractivity contribution in [2.75, 3.05) is 20.6 Å². The van der Waals surface area contributed by atoms with Gasteiger partial charge in [-0.1, -0.05) is 39.5 Å². The molecule has 0 amide bonds. The van der Waals surface area contributed by atoms with Crippen LogP contribution < -0.4 is 5.32 Å². The fraction of sp³-hybridized carbons (Fsp3) is 1.00. The lowest BCUT2D eigenvalue weighted by Crippen LogP contribution is -2.46. The van der Waals surface area contributed by atoms with E-state index in [4.69, 9.17) is 0 Å². The van der Waals surface area contributed by atoms with Crippen LogP contribution in [0.4, 0.5) is 0 Å². The standard InChI is InChI=1S/C16H34N2/c1-6-14(7-2)16(18(4)5)12-17-13(3)15-10-8-9-11-15/h13-17H,6-12H2,1-5H3. The van der Waals surface area contributed by atoms with Crippen molar-refractivity contribution in [3.8, 4) is 0 Å². The molecule has 0 aliphatic heterocycles. The van der Waals surface area contributed by atoms with Crippen molar-refractivity contribution in [2.24, 2.45) is 11.8 Å². The predicted octanol–water partition coefficient (Wildman–Crippen LogP) is 3.52. The minimum atomic E-state index is 0.684. The van der Waals surface area contributed by atoms with Gasteiger partial charge in [-0.05, 0) is 45.7 Å². The Kier molecular flexibility index (Phi) is 7.25. The molecule has 0 aromatic heterocycles. The van der Waals surface area contributed by atoms with Gasteiger partial charge in [0.15, 0.2) is 0 Å². The fourth-order valence-electron chi connectivity index (χ4n) is 3.53.